The third kappa shape index (κ3) is 6.15. The Hall–Kier alpha value is -4.17. The summed E-state index contributed by atoms with van der Waals surface area (Å²) in [5.41, 5.74) is 5.33. The van der Waals surface area contributed by atoms with Crippen LogP contribution in [0.25, 0.3) is 33.7 Å². The summed E-state index contributed by atoms with van der Waals surface area (Å²) in [5.74, 6) is 1.50. The van der Waals surface area contributed by atoms with Crippen LogP contribution in [0.4, 0.5) is 0 Å². The molecule has 2 aliphatic rings. The Balaban J connectivity index is 0.00000368. The third-order valence-corrected chi connectivity index (χ3v) is 7.77. The summed E-state index contributed by atoms with van der Waals surface area (Å²) in [6.07, 6.45) is 7.13. The van der Waals surface area contributed by atoms with Gasteiger partial charge in [-0.15, -0.1) is 12.4 Å². The summed E-state index contributed by atoms with van der Waals surface area (Å²) < 4.78 is 23.7. The Morgan fingerprint density at radius 1 is 1.12 bits per heavy atom. The Labute approximate surface area is 255 Å². The SMILES string of the molecule is COc1cc(C(=O)N(C)CCO)cnc1-c1cc2ncc(C3CC3)c(-c3ccc(OC4CCOCC4)c(C#N)c3)c2o1.Cl. The fourth-order valence-electron chi connectivity index (χ4n) is 5.33. The van der Waals surface area contributed by atoms with Crippen LogP contribution in [0.3, 0.4) is 0 Å². The number of carbonyl (C=O) groups excluding carboxylic acids is 1. The van der Waals surface area contributed by atoms with Crippen molar-refractivity contribution < 1.29 is 28.5 Å². The van der Waals surface area contributed by atoms with Crippen molar-refractivity contribution in [1.82, 2.24) is 14.9 Å². The number of hydrogen-bond acceptors (Lipinski definition) is 9. The van der Waals surface area contributed by atoms with Crippen LogP contribution < -0.4 is 9.47 Å². The molecule has 1 saturated heterocycles. The Bertz CT molecular complexity index is 1670. The molecule has 0 unspecified atom stereocenters. The molecule has 3 aromatic heterocycles. The second kappa shape index (κ2) is 13.0. The molecule has 6 rings (SSSR count). The van der Waals surface area contributed by atoms with E-state index >= 15 is 0 Å². The van der Waals surface area contributed by atoms with Gasteiger partial charge in [0.2, 0.25) is 0 Å². The molecule has 1 saturated carbocycles. The number of nitrogens with zero attached hydrogens (tertiary/aromatic N) is 4. The van der Waals surface area contributed by atoms with Gasteiger partial charge >= 0.3 is 0 Å². The van der Waals surface area contributed by atoms with Crippen LogP contribution in [-0.4, -0.2) is 72.5 Å². The van der Waals surface area contributed by atoms with E-state index in [1.165, 1.54) is 18.2 Å². The summed E-state index contributed by atoms with van der Waals surface area (Å²) in [6.45, 7) is 1.39. The molecular formula is C32H33ClN4O6. The lowest BCUT2D eigenvalue weighted by molar-refractivity contribution is 0.0254. The number of methoxy groups -OCH3 is 1. The number of carbonyl (C=O) groups is 1. The molecule has 1 aliphatic carbocycles. The first-order chi connectivity index (χ1) is 20.5. The molecule has 2 fully saturated rings. The van der Waals surface area contributed by atoms with Crippen molar-refractivity contribution >= 4 is 29.4 Å². The molecule has 224 valence electrons. The highest BCUT2D eigenvalue weighted by atomic mass is 35.5. The Kier molecular flexibility index (Phi) is 9.16. The molecule has 0 bridgehead atoms. The summed E-state index contributed by atoms with van der Waals surface area (Å²) in [7, 11) is 3.13. The topological polar surface area (TPSA) is 131 Å². The van der Waals surface area contributed by atoms with E-state index in [1.807, 2.05) is 30.5 Å². The molecule has 10 nitrogen and oxygen atoms in total. The first-order valence-corrected chi connectivity index (χ1v) is 14.1. The van der Waals surface area contributed by atoms with E-state index in [1.54, 1.807) is 13.1 Å². The maximum absolute atomic E-state index is 12.7. The average molecular weight is 605 g/mol. The molecule has 0 radical (unpaired) electrons. The van der Waals surface area contributed by atoms with Gasteiger partial charge in [-0.2, -0.15) is 5.26 Å². The smallest absolute Gasteiger partial charge is 0.255 e. The van der Waals surface area contributed by atoms with Gasteiger partial charge < -0.3 is 28.6 Å². The number of nitriles is 1. The number of benzene rings is 1. The number of aliphatic hydroxyl groups is 1. The fourth-order valence-corrected chi connectivity index (χ4v) is 5.33. The van der Waals surface area contributed by atoms with Gasteiger partial charge in [0.25, 0.3) is 5.91 Å². The average Bonchev–Trinajstić information content (AvgIpc) is 3.78. The molecule has 11 heteroatoms. The van der Waals surface area contributed by atoms with Crippen LogP contribution in [0.2, 0.25) is 0 Å². The number of rotatable bonds is 9. The van der Waals surface area contributed by atoms with E-state index < -0.39 is 0 Å². The minimum absolute atomic E-state index is 0. The highest BCUT2D eigenvalue weighted by Crippen LogP contribution is 2.48. The number of aliphatic hydroxyl groups excluding tert-OH is 1. The van der Waals surface area contributed by atoms with Crippen LogP contribution in [0.5, 0.6) is 11.5 Å². The molecule has 0 spiro atoms. The minimum Gasteiger partial charge on any atom is -0.494 e. The zero-order chi connectivity index (χ0) is 29.2. The summed E-state index contributed by atoms with van der Waals surface area (Å²) >= 11 is 0. The number of furan rings is 1. The Morgan fingerprint density at radius 3 is 2.60 bits per heavy atom. The second-order valence-corrected chi connectivity index (χ2v) is 10.7. The maximum atomic E-state index is 12.7. The summed E-state index contributed by atoms with van der Waals surface area (Å²) in [5, 5.41) is 19.2. The molecule has 1 aromatic carbocycles. The highest BCUT2D eigenvalue weighted by molar-refractivity contribution is 5.96. The maximum Gasteiger partial charge on any atom is 0.255 e. The standard InChI is InChI=1S/C32H32N4O6.ClH/c1-36(9-10-37)32(38)22-14-27(39-2)30(35-17-22)28-15-25-31(42-28)29(24(18-34-25)19-3-4-19)20-5-6-26(21(13-20)16-33)41-23-7-11-40-12-8-23;/h5-6,13-15,17-19,23,37H,3-4,7-12H2,1-2H3;1H. The summed E-state index contributed by atoms with van der Waals surface area (Å²) in [4.78, 5) is 23.4. The van der Waals surface area contributed by atoms with Crippen molar-refractivity contribution in [3.05, 3.63) is 59.4 Å². The third-order valence-electron chi connectivity index (χ3n) is 7.77. The monoisotopic (exact) mass is 604 g/mol. The van der Waals surface area contributed by atoms with E-state index in [0.717, 1.165) is 42.4 Å². The number of amides is 1. The van der Waals surface area contributed by atoms with E-state index in [0.29, 0.717) is 64.3 Å². The van der Waals surface area contributed by atoms with Crippen molar-refractivity contribution in [2.24, 2.45) is 0 Å². The number of aromatic nitrogens is 2. The minimum atomic E-state index is -0.276. The van der Waals surface area contributed by atoms with Gasteiger partial charge in [-0.05, 0) is 48.1 Å². The second-order valence-electron chi connectivity index (χ2n) is 10.7. The van der Waals surface area contributed by atoms with Gasteiger partial charge in [-0.1, -0.05) is 6.07 Å². The van der Waals surface area contributed by atoms with Gasteiger partial charge in [0, 0.05) is 50.5 Å². The van der Waals surface area contributed by atoms with Crippen LogP contribution in [0, 0.1) is 11.3 Å². The van der Waals surface area contributed by atoms with Crippen molar-refractivity contribution in [2.45, 2.75) is 37.7 Å². The lowest BCUT2D eigenvalue weighted by Gasteiger charge is -2.24. The van der Waals surface area contributed by atoms with Crippen LogP contribution in [0.1, 0.15) is 53.1 Å². The molecular weight excluding hydrogens is 572 g/mol. The van der Waals surface area contributed by atoms with E-state index in [-0.39, 0.29) is 37.6 Å². The lowest BCUT2D eigenvalue weighted by Crippen LogP contribution is -2.29. The normalized spacial score (nSPS) is 15.0. The molecule has 1 N–H and O–H groups in total. The quantitative estimate of drug-likeness (QED) is 0.268. The number of hydrogen-bond donors (Lipinski definition) is 1. The largest absolute Gasteiger partial charge is 0.494 e. The number of ether oxygens (including phenoxy) is 3. The van der Waals surface area contributed by atoms with Gasteiger partial charge in [0.15, 0.2) is 11.3 Å². The first kappa shape index (κ1) is 30.3. The molecule has 4 heterocycles. The van der Waals surface area contributed by atoms with Crippen molar-refractivity contribution in [2.75, 3.05) is 40.5 Å². The zero-order valence-corrected chi connectivity index (χ0v) is 24.9. The van der Waals surface area contributed by atoms with Crippen molar-refractivity contribution in [3.63, 3.8) is 0 Å². The fraction of sp³-hybridized carbons (Fsp3) is 0.375. The predicted molar refractivity (Wildman–Crippen MR) is 162 cm³/mol. The van der Waals surface area contributed by atoms with Crippen LogP contribution in [0.15, 0.2) is 47.1 Å². The predicted octanol–water partition coefficient (Wildman–Crippen LogP) is 5.36. The summed E-state index contributed by atoms with van der Waals surface area (Å²) in [6, 6.07) is 11.4. The van der Waals surface area contributed by atoms with Crippen molar-refractivity contribution in [3.8, 4) is 40.1 Å². The van der Waals surface area contributed by atoms with Crippen molar-refractivity contribution in [1.29, 1.82) is 5.26 Å². The van der Waals surface area contributed by atoms with E-state index in [9.17, 15) is 15.2 Å². The number of likely N-dealkylation sites (N-methyl/N-ethyl adjacent to an activating group) is 1. The molecule has 4 aromatic rings. The van der Waals surface area contributed by atoms with Crippen LogP contribution in [-0.2, 0) is 4.74 Å². The zero-order valence-electron chi connectivity index (χ0n) is 24.0. The van der Waals surface area contributed by atoms with Crippen LogP contribution >= 0.6 is 12.4 Å². The molecule has 1 amide bonds. The number of halogens is 1. The number of fused-ring (bicyclic) bond motifs is 1. The number of pyridine rings is 2. The lowest BCUT2D eigenvalue weighted by atomic mass is 9.96. The van der Waals surface area contributed by atoms with E-state index in [4.69, 9.17) is 23.6 Å². The Morgan fingerprint density at radius 2 is 1.91 bits per heavy atom. The van der Waals surface area contributed by atoms with Gasteiger partial charge in [-0.25, -0.2) is 4.98 Å². The van der Waals surface area contributed by atoms with Gasteiger partial charge in [0.05, 0.1) is 38.1 Å². The first-order valence-electron chi connectivity index (χ1n) is 14.1. The highest BCUT2D eigenvalue weighted by Gasteiger charge is 2.30. The molecule has 43 heavy (non-hydrogen) atoms. The van der Waals surface area contributed by atoms with Gasteiger partial charge in [-0.3, -0.25) is 9.78 Å². The van der Waals surface area contributed by atoms with Gasteiger partial charge in [0.1, 0.15) is 34.9 Å². The van der Waals surface area contributed by atoms with E-state index in [2.05, 4.69) is 11.1 Å². The molecule has 1 aliphatic heterocycles. The molecule has 0 atom stereocenters.